The first-order valence-electron chi connectivity index (χ1n) is 5.07. The lowest BCUT2D eigenvalue weighted by Gasteiger charge is -2.03. The zero-order valence-corrected chi connectivity index (χ0v) is 12.3. The third-order valence-electron chi connectivity index (χ3n) is 2.21. The average molecular weight is 314 g/mol. The Balaban J connectivity index is 2.53. The lowest BCUT2D eigenvalue weighted by atomic mass is 10.3. The van der Waals surface area contributed by atoms with Crippen LogP contribution in [0.3, 0.4) is 0 Å². The van der Waals surface area contributed by atoms with Gasteiger partial charge in [0, 0.05) is 0 Å². The fourth-order valence-corrected chi connectivity index (χ4v) is 3.69. The van der Waals surface area contributed by atoms with Crippen molar-refractivity contribution in [1.82, 2.24) is 9.97 Å². The van der Waals surface area contributed by atoms with Crippen molar-refractivity contribution in [2.75, 3.05) is 17.7 Å². The summed E-state index contributed by atoms with van der Waals surface area (Å²) in [6.07, 6.45) is 2.57. The smallest absolute Gasteiger partial charge is 0.227 e. The Morgan fingerprint density at radius 3 is 2.79 bits per heavy atom. The number of anilines is 1. The summed E-state index contributed by atoms with van der Waals surface area (Å²) in [5.74, 6) is -0.320. The summed E-state index contributed by atoms with van der Waals surface area (Å²) in [7, 11) is 0. The van der Waals surface area contributed by atoms with E-state index >= 15 is 0 Å². The van der Waals surface area contributed by atoms with Gasteiger partial charge >= 0.3 is 0 Å². The molecule has 0 atom stereocenters. The van der Waals surface area contributed by atoms with Gasteiger partial charge in [0.25, 0.3) is 0 Å². The molecule has 0 aromatic carbocycles. The van der Waals surface area contributed by atoms with Crippen molar-refractivity contribution in [3.05, 3.63) is 4.88 Å². The van der Waals surface area contributed by atoms with E-state index < -0.39 is 5.91 Å². The Hall–Kier alpha value is -1.32. The maximum absolute atomic E-state index is 10.9. The number of aldehydes is 1. The van der Waals surface area contributed by atoms with Crippen LogP contribution < -0.4 is 11.5 Å². The molecule has 1 amide bonds. The third-order valence-corrected chi connectivity index (χ3v) is 4.78. The van der Waals surface area contributed by atoms with Crippen LogP contribution in [0.5, 0.6) is 0 Å². The van der Waals surface area contributed by atoms with Crippen LogP contribution in [0.4, 0.5) is 5.69 Å². The van der Waals surface area contributed by atoms with E-state index in [1.807, 2.05) is 6.26 Å². The van der Waals surface area contributed by atoms with Gasteiger partial charge in [-0.2, -0.15) is 0 Å². The van der Waals surface area contributed by atoms with Crippen LogP contribution in [0.2, 0.25) is 0 Å². The van der Waals surface area contributed by atoms with Gasteiger partial charge in [-0.05, 0) is 6.26 Å². The van der Waals surface area contributed by atoms with E-state index in [0.29, 0.717) is 37.2 Å². The second-order valence-electron chi connectivity index (χ2n) is 3.45. The van der Waals surface area contributed by atoms with Crippen molar-refractivity contribution in [3.8, 4) is 0 Å². The molecule has 9 heteroatoms. The number of nitrogens with two attached hydrogens (primary N) is 2. The summed E-state index contributed by atoms with van der Waals surface area (Å²) in [5.41, 5.74) is 11.4. The fourth-order valence-electron chi connectivity index (χ4n) is 1.42. The Bertz CT molecular complexity index is 656. The van der Waals surface area contributed by atoms with E-state index in [-0.39, 0.29) is 5.75 Å². The molecule has 2 aromatic heterocycles. The van der Waals surface area contributed by atoms with Crippen molar-refractivity contribution < 1.29 is 9.59 Å². The van der Waals surface area contributed by atoms with E-state index in [4.69, 9.17) is 11.5 Å². The van der Waals surface area contributed by atoms with E-state index in [1.54, 1.807) is 0 Å². The van der Waals surface area contributed by atoms with Crippen LogP contribution >= 0.6 is 34.9 Å². The van der Waals surface area contributed by atoms with Crippen LogP contribution in [0.25, 0.3) is 10.2 Å². The Labute approximate surface area is 121 Å². The van der Waals surface area contributed by atoms with Gasteiger partial charge in [0.2, 0.25) is 5.91 Å². The lowest BCUT2D eigenvalue weighted by molar-refractivity contribution is -0.115. The second-order valence-corrected chi connectivity index (χ2v) is 6.22. The highest BCUT2D eigenvalue weighted by Crippen LogP contribution is 2.37. The Kier molecular flexibility index (Phi) is 4.27. The fraction of sp³-hybridized carbons (Fsp3) is 0.200. The summed E-state index contributed by atoms with van der Waals surface area (Å²) in [5, 5.41) is 1.84. The molecule has 2 rings (SSSR count). The zero-order chi connectivity index (χ0) is 14.0. The highest BCUT2D eigenvalue weighted by molar-refractivity contribution is 8.00. The quantitative estimate of drug-likeness (QED) is 0.371. The molecular weight excluding hydrogens is 304 g/mol. The first kappa shape index (κ1) is 14.1. The maximum Gasteiger partial charge on any atom is 0.227 e. The van der Waals surface area contributed by atoms with Crippen molar-refractivity contribution >= 4 is 63.0 Å². The highest BCUT2D eigenvalue weighted by atomic mass is 32.2. The molecule has 100 valence electrons. The molecule has 19 heavy (non-hydrogen) atoms. The van der Waals surface area contributed by atoms with E-state index in [9.17, 15) is 9.59 Å². The molecule has 2 aromatic rings. The zero-order valence-electron chi connectivity index (χ0n) is 9.87. The minimum Gasteiger partial charge on any atom is -0.397 e. The molecule has 0 fully saturated rings. The number of fused-ring (bicyclic) bond motifs is 1. The van der Waals surface area contributed by atoms with Gasteiger partial charge in [-0.3, -0.25) is 9.59 Å². The van der Waals surface area contributed by atoms with Crippen molar-refractivity contribution in [3.63, 3.8) is 0 Å². The van der Waals surface area contributed by atoms with Crippen LogP contribution in [-0.2, 0) is 4.79 Å². The molecule has 0 aliphatic rings. The molecular formula is C10H10N4O2S3. The van der Waals surface area contributed by atoms with Crippen LogP contribution in [0.1, 0.15) is 9.67 Å². The molecule has 0 bridgehead atoms. The topological polar surface area (TPSA) is 112 Å². The van der Waals surface area contributed by atoms with Gasteiger partial charge < -0.3 is 11.5 Å². The minimum absolute atomic E-state index is 0.112. The third kappa shape index (κ3) is 2.82. The van der Waals surface area contributed by atoms with Gasteiger partial charge in [0.05, 0.1) is 21.7 Å². The molecule has 0 spiro atoms. The minimum atomic E-state index is -0.432. The average Bonchev–Trinajstić information content (AvgIpc) is 2.72. The molecule has 6 nitrogen and oxygen atoms in total. The molecule has 0 aliphatic carbocycles. The largest absolute Gasteiger partial charge is 0.397 e. The predicted octanol–water partition coefficient (Wildman–Crippen LogP) is 1.39. The molecule has 0 saturated heterocycles. The number of hydrogen-bond donors (Lipinski definition) is 2. The number of nitrogens with zero attached hydrogens (tertiary/aromatic N) is 2. The Morgan fingerprint density at radius 2 is 2.21 bits per heavy atom. The van der Waals surface area contributed by atoms with Crippen molar-refractivity contribution in [2.24, 2.45) is 5.73 Å². The number of aromatic nitrogens is 2. The summed E-state index contributed by atoms with van der Waals surface area (Å²) in [6.45, 7) is 0. The van der Waals surface area contributed by atoms with Gasteiger partial charge in [0.15, 0.2) is 11.4 Å². The number of primary amides is 1. The van der Waals surface area contributed by atoms with Crippen LogP contribution in [-0.4, -0.2) is 34.2 Å². The second kappa shape index (κ2) is 5.76. The normalized spacial score (nSPS) is 10.8. The number of nitrogen functional groups attached to an aromatic ring is 1. The molecule has 0 aliphatic heterocycles. The first-order chi connectivity index (χ1) is 9.06. The predicted molar refractivity (Wildman–Crippen MR) is 78.9 cm³/mol. The van der Waals surface area contributed by atoms with Crippen molar-refractivity contribution in [2.45, 2.75) is 10.2 Å². The molecule has 2 heterocycles. The first-order valence-corrected chi connectivity index (χ1v) is 8.09. The molecule has 4 N–H and O–H groups in total. The SMILES string of the molecule is CSc1nc(SCC(N)=O)nc2sc(C=O)c(N)c12. The number of thiophene rings is 1. The van der Waals surface area contributed by atoms with Crippen LogP contribution in [0.15, 0.2) is 10.2 Å². The van der Waals surface area contributed by atoms with Crippen LogP contribution in [0, 0.1) is 0 Å². The number of thioether (sulfide) groups is 2. The number of carbonyl (C=O) groups excluding carboxylic acids is 2. The maximum atomic E-state index is 10.9. The molecule has 0 unspecified atom stereocenters. The van der Waals surface area contributed by atoms with E-state index in [2.05, 4.69) is 9.97 Å². The standard InChI is InChI=1S/C10H10N4O2S3/c1-17-8-6-7(12)4(2-15)19-9(6)14-10(13-8)18-3-5(11)16/h2H,3,12H2,1H3,(H2,11,16). The highest BCUT2D eigenvalue weighted by Gasteiger charge is 2.16. The van der Waals surface area contributed by atoms with Gasteiger partial charge in [0.1, 0.15) is 9.86 Å². The van der Waals surface area contributed by atoms with Gasteiger partial charge in [-0.15, -0.1) is 23.1 Å². The van der Waals surface area contributed by atoms with E-state index in [0.717, 1.165) is 11.8 Å². The Morgan fingerprint density at radius 1 is 1.47 bits per heavy atom. The lowest BCUT2D eigenvalue weighted by Crippen LogP contribution is -2.13. The number of carbonyl (C=O) groups is 2. The summed E-state index contributed by atoms with van der Waals surface area (Å²) >= 11 is 3.79. The van der Waals surface area contributed by atoms with Gasteiger partial charge in [-0.25, -0.2) is 9.97 Å². The molecule has 0 radical (unpaired) electrons. The van der Waals surface area contributed by atoms with Crippen molar-refractivity contribution in [1.29, 1.82) is 0 Å². The summed E-state index contributed by atoms with van der Waals surface area (Å²) in [6, 6.07) is 0. The summed E-state index contributed by atoms with van der Waals surface area (Å²) < 4.78 is 0. The van der Waals surface area contributed by atoms with E-state index in [1.165, 1.54) is 23.1 Å². The van der Waals surface area contributed by atoms with Gasteiger partial charge in [-0.1, -0.05) is 11.8 Å². The number of hydrogen-bond acceptors (Lipinski definition) is 8. The summed E-state index contributed by atoms with van der Waals surface area (Å²) in [4.78, 5) is 31.4. The number of amides is 1. The number of rotatable bonds is 5. The monoisotopic (exact) mass is 314 g/mol. The molecule has 0 saturated carbocycles.